The fraction of sp³-hybridized carbons (Fsp3) is 0.625. The van der Waals surface area contributed by atoms with Crippen molar-refractivity contribution in [3.8, 4) is 0 Å². The molecule has 0 radical (unpaired) electrons. The van der Waals surface area contributed by atoms with E-state index < -0.39 is 0 Å². The summed E-state index contributed by atoms with van der Waals surface area (Å²) in [5.41, 5.74) is 0. The summed E-state index contributed by atoms with van der Waals surface area (Å²) in [6, 6.07) is 3.98. The molecule has 1 N–H and O–H groups in total. The predicted octanol–water partition coefficient (Wildman–Crippen LogP) is 1.23. The van der Waals surface area contributed by atoms with Crippen molar-refractivity contribution in [3.63, 3.8) is 0 Å². The zero-order valence-corrected chi connectivity index (χ0v) is 13.0. The van der Waals surface area contributed by atoms with Gasteiger partial charge in [-0.15, -0.1) is 0 Å². The first-order valence-corrected chi connectivity index (χ1v) is 8.00. The Bertz CT molecular complexity index is 547. The van der Waals surface area contributed by atoms with Gasteiger partial charge < -0.3 is 14.6 Å². The lowest BCUT2D eigenvalue weighted by Gasteiger charge is -2.36. The normalized spacial score (nSPS) is 20.6. The van der Waals surface area contributed by atoms with Crippen molar-refractivity contribution in [2.24, 2.45) is 0 Å². The van der Waals surface area contributed by atoms with Crippen LogP contribution in [-0.2, 0) is 11.3 Å². The van der Waals surface area contributed by atoms with Gasteiger partial charge in [-0.3, -0.25) is 14.5 Å². The Morgan fingerprint density at radius 2 is 2.09 bits per heavy atom. The molecule has 0 bridgehead atoms. The number of carbonyl (C=O) groups is 2. The summed E-state index contributed by atoms with van der Waals surface area (Å²) in [4.78, 5) is 27.7. The molecule has 6 nitrogen and oxygen atoms in total. The Kier molecular flexibility index (Phi) is 4.47. The van der Waals surface area contributed by atoms with Crippen molar-refractivity contribution >= 4 is 11.8 Å². The van der Waals surface area contributed by atoms with Crippen LogP contribution in [-0.4, -0.2) is 54.3 Å². The number of furan rings is 1. The first kappa shape index (κ1) is 15.1. The van der Waals surface area contributed by atoms with Crippen molar-refractivity contribution in [1.82, 2.24) is 15.1 Å². The second-order valence-corrected chi connectivity index (χ2v) is 6.04. The summed E-state index contributed by atoms with van der Waals surface area (Å²) in [6.45, 7) is 3.57. The van der Waals surface area contributed by atoms with Crippen LogP contribution >= 0.6 is 0 Å². The van der Waals surface area contributed by atoms with E-state index in [-0.39, 0.29) is 5.91 Å². The third-order valence-corrected chi connectivity index (χ3v) is 4.60. The molecule has 120 valence electrons. The molecule has 6 heteroatoms. The predicted molar refractivity (Wildman–Crippen MR) is 81.3 cm³/mol. The molecule has 2 amide bonds. The zero-order chi connectivity index (χ0) is 15.5. The van der Waals surface area contributed by atoms with Crippen LogP contribution in [0.3, 0.4) is 0 Å². The maximum absolute atomic E-state index is 11.8. The maximum atomic E-state index is 11.8. The molecule has 0 unspecified atom stereocenters. The molecule has 2 fully saturated rings. The lowest BCUT2D eigenvalue weighted by molar-refractivity contribution is -0.130. The van der Waals surface area contributed by atoms with Crippen LogP contribution in [0.5, 0.6) is 0 Å². The molecule has 2 aliphatic heterocycles. The summed E-state index contributed by atoms with van der Waals surface area (Å²) in [5, 5.41) is 2.56. The van der Waals surface area contributed by atoms with Crippen molar-refractivity contribution in [3.05, 3.63) is 23.7 Å². The monoisotopic (exact) mass is 305 g/mol. The topological polar surface area (TPSA) is 65.8 Å². The van der Waals surface area contributed by atoms with E-state index in [1.807, 2.05) is 6.07 Å². The fourth-order valence-electron chi connectivity index (χ4n) is 3.37. The molecule has 0 spiro atoms. The Labute approximate surface area is 130 Å². The van der Waals surface area contributed by atoms with Gasteiger partial charge >= 0.3 is 0 Å². The first-order valence-electron chi connectivity index (χ1n) is 8.00. The Hall–Kier alpha value is -1.82. The molecular weight excluding hydrogens is 282 g/mol. The Balaban J connectivity index is 1.50. The van der Waals surface area contributed by atoms with Crippen LogP contribution in [0.4, 0.5) is 0 Å². The van der Waals surface area contributed by atoms with Crippen molar-refractivity contribution in [2.45, 2.75) is 38.3 Å². The summed E-state index contributed by atoms with van der Waals surface area (Å²) in [5.74, 6) is 1.29. The van der Waals surface area contributed by atoms with Gasteiger partial charge in [0.05, 0.1) is 6.54 Å². The van der Waals surface area contributed by atoms with Crippen molar-refractivity contribution < 1.29 is 14.0 Å². The number of rotatable bonds is 4. The molecule has 2 saturated heterocycles. The molecule has 0 aliphatic carbocycles. The van der Waals surface area contributed by atoms with E-state index in [0.29, 0.717) is 17.7 Å². The molecule has 3 heterocycles. The van der Waals surface area contributed by atoms with Crippen LogP contribution in [0.15, 0.2) is 16.5 Å². The quantitative estimate of drug-likeness (QED) is 0.908. The summed E-state index contributed by atoms with van der Waals surface area (Å²) in [7, 11) is 1.59. The minimum Gasteiger partial charge on any atom is -0.455 e. The van der Waals surface area contributed by atoms with E-state index in [1.54, 1.807) is 13.1 Å². The molecule has 0 atom stereocenters. The van der Waals surface area contributed by atoms with Crippen LogP contribution in [0.25, 0.3) is 0 Å². The van der Waals surface area contributed by atoms with Gasteiger partial charge in [0.15, 0.2) is 5.76 Å². The SMILES string of the molecule is CNC(=O)c1ccc(CN2CCC(N3CCCC3=O)CC2)o1. The molecule has 0 aromatic carbocycles. The average molecular weight is 305 g/mol. The van der Waals surface area contributed by atoms with Crippen LogP contribution in [0.2, 0.25) is 0 Å². The Morgan fingerprint density at radius 3 is 2.73 bits per heavy atom. The minimum absolute atomic E-state index is 0.197. The third-order valence-electron chi connectivity index (χ3n) is 4.60. The molecule has 0 saturated carbocycles. The van der Waals surface area contributed by atoms with Gasteiger partial charge in [-0.05, 0) is 31.4 Å². The van der Waals surface area contributed by atoms with E-state index in [1.165, 1.54) is 0 Å². The van der Waals surface area contributed by atoms with Crippen LogP contribution < -0.4 is 5.32 Å². The fourth-order valence-corrected chi connectivity index (χ4v) is 3.37. The second kappa shape index (κ2) is 6.52. The van der Waals surface area contributed by atoms with Gasteiger partial charge in [-0.1, -0.05) is 0 Å². The lowest BCUT2D eigenvalue weighted by Crippen LogP contribution is -2.45. The summed E-state index contributed by atoms with van der Waals surface area (Å²) in [6.07, 6.45) is 3.77. The zero-order valence-electron chi connectivity index (χ0n) is 13.0. The van der Waals surface area contributed by atoms with Gasteiger partial charge in [0.1, 0.15) is 5.76 Å². The Morgan fingerprint density at radius 1 is 1.32 bits per heavy atom. The smallest absolute Gasteiger partial charge is 0.286 e. The van der Waals surface area contributed by atoms with Gasteiger partial charge in [0.2, 0.25) is 5.91 Å². The summed E-state index contributed by atoms with van der Waals surface area (Å²) < 4.78 is 5.56. The van der Waals surface area contributed by atoms with E-state index >= 15 is 0 Å². The number of hydrogen-bond acceptors (Lipinski definition) is 4. The molecule has 1 aromatic rings. The highest BCUT2D eigenvalue weighted by Gasteiger charge is 2.30. The number of carbonyl (C=O) groups excluding carboxylic acids is 2. The highest BCUT2D eigenvalue weighted by atomic mass is 16.4. The van der Waals surface area contributed by atoms with Gasteiger partial charge in [0.25, 0.3) is 5.91 Å². The van der Waals surface area contributed by atoms with E-state index in [9.17, 15) is 9.59 Å². The van der Waals surface area contributed by atoms with E-state index in [4.69, 9.17) is 4.42 Å². The molecule has 3 rings (SSSR count). The number of hydrogen-bond donors (Lipinski definition) is 1. The van der Waals surface area contributed by atoms with Crippen molar-refractivity contribution in [1.29, 1.82) is 0 Å². The number of piperidine rings is 1. The van der Waals surface area contributed by atoms with E-state index in [0.717, 1.165) is 57.6 Å². The highest BCUT2D eigenvalue weighted by molar-refractivity contribution is 5.91. The molecule has 1 aromatic heterocycles. The number of likely N-dealkylation sites (tertiary alicyclic amines) is 2. The van der Waals surface area contributed by atoms with E-state index in [2.05, 4.69) is 15.1 Å². The van der Waals surface area contributed by atoms with Gasteiger partial charge in [0, 0.05) is 39.1 Å². The summed E-state index contributed by atoms with van der Waals surface area (Å²) >= 11 is 0. The molecule has 2 aliphatic rings. The maximum Gasteiger partial charge on any atom is 0.286 e. The minimum atomic E-state index is -0.197. The first-order chi connectivity index (χ1) is 10.7. The van der Waals surface area contributed by atoms with Crippen molar-refractivity contribution in [2.75, 3.05) is 26.7 Å². The highest BCUT2D eigenvalue weighted by Crippen LogP contribution is 2.23. The number of amides is 2. The lowest BCUT2D eigenvalue weighted by atomic mass is 10.0. The van der Waals surface area contributed by atoms with Crippen LogP contribution in [0.1, 0.15) is 42.0 Å². The van der Waals surface area contributed by atoms with Crippen LogP contribution in [0, 0.1) is 0 Å². The molecular formula is C16H23N3O3. The third kappa shape index (κ3) is 3.16. The van der Waals surface area contributed by atoms with Gasteiger partial charge in [-0.2, -0.15) is 0 Å². The largest absolute Gasteiger partial charge is 0.455 e. The number of nitrogens with one attached hydrogen (secondary N) is 1. The number of nitrogens with zero attached hydrogens (tertiary/aromatic N) is 2. The standard InChI is InChI=1S/C16H23N3O3/c1-17-16(21)14-5-4-13(22-14)11-18-9-6-12(7-10-18)19-8-2-3-15(19)20/h4-5,12H,2-3,6-11H2,1H3,(H,17,21). The molecule has 22 heavy (non-hydrogen) atoms. The average Bonchev–Trinajstić information content (AvgIpc) is 3.16. The van der Waals surface area contributed by atoms with Gasteiger partial charge in [-0.25, -0.2) is 0 Å². The second-order valence-electron chi connectivity index (χ2n) is 6.04.